The molecule has 0 spiro atoms. The van der Waals surface area contributed by atoms with Crippen LogP contribution >= 0.6 is 0 Å². The number of hydrogen-bond acceptors (Lipinski definition) is 3. The number of carboxylic acid groups (broad SMARTS) is 1. The first kappa shape index (κ1) is 13.0. The van der Waals surface area contributed by atoms with Gasteiger partial charge in [-0.2, -0.15) is 0 Å². The molecule has 18 heavy (non-hydrogen) atoms. The molecule has 0 radical (unpaired) electrons. The molecule has 0 aromatic heterocycles. The summed E-state index contributed by atoms with van der Waals surface area (Å²) in [5.74, 6) is -0.714. The standard InChI is InChI=1S/C12H15NO4S/c14-12(15)10-5-2-6-11(7-10)18(16,17)13-8-9-3-1-4-9/h2,5-7,9,13H,1,3-4,8H2,(H,14,15). The van der Waals surface area contributed by atoms with Gasteiger partial charge in [-0.25, -0.2) is 17.9 Å². The smallest absolute Gasteiger partial charge is 0.335 e. The molecule has 0 atom stereocenters. The van der Waals surface area contributed by atoms with E-state index in [2.05, 4.69) is 4.72 Å². The van der Waals surface area contributed by atoms with Gasteiger partial charge < -0.3 is 5.11 Å². The molecule has 98 valence electrons. The van der Waals surface area contributed by atoms with Gasteiger partial charge in [0.15, 0.2) is 0 Å². The summed E-state index contributed by atoms with van der Waals surface area (Å²) in [5, 5.41) is 8.83. The first-order valence-corrected chi connectivity index (χ1v) is 7.30. The molecule has 1 saturated carbocycles. The Kier molecular flexibility index (Phi) is 3.68. The monoisotopic (exact) mass is 269 g/mol. The van der Waals surface area contributed by atoms with Crippen LogP contribution in [0.15, 0.2) is 29.2 Å². The molecule has 0 saturated heterocycles. The first-order valence-electron chi connectivity index (χ1n) is 5.82. The van der Waals surface area contributed by atoms with Crippen molar-refractivity contribution in [2.75, 3.05) is 6.54 Å². The number of hydrogen-bond donors (Lipinski definition) is 2. The predicted molar refractivity (Wildman–Crippen MR) is 65.9 cm³/mol. The molecule has 5 nitrogen and oxygen atoms in total. The minimum atomic E-state index is -3.60. The summed E-state index contributed by atoms with van der Waals surface area (Å²) < 4.78 is 26.4. The highest BCUT2D eigenvalue weighted by molar-refractivity contribution is 7.89. The molecule has 1 aliphatic rings. The zero-order valence-corrected chi connectivity index (χ0v) is 10.6. The Bertz CT molecular complexity index is 549. The summed E-state index contributed by atoms with van der Waals surface area (Å²) in [4.78, 5) is 10.8. The molecule has 0 aliphatic heterocycles. The summed E-state index contributed by atoms with van der Waals surface area (Å²) in [6.07, 6.45) is 3.26. The molecule has 1 aromatic carbocycles. The number of carbonyl (C=O) groups is 1. The Balaban J connectivity index is 2.12. The van der Waals surface area contributed by atoms with E-state index in [0.717, 1.165) is 19.3 Å². The molecule has 6 heteroatoms. The van der Waals surface area contributed by atoms with Crippen LogP contribution in [0, 0.1) is 5.92 Å². The lowest BCUT2D eigenvalue weighted by atomic mass is 9.86. The van der Waals surface area contributed by atoms with E-state index in [1.807, 2.05) is 0 Å². The van der Waals surface area contributed by atoms with Gasteiger partial charge in [0, 0.05) is 6.54 Å². The van der Waals surface area contributed by atoms with E-state index >= 15 is 0 Å². The van der Waals surface area contributed by atoms with Crippen LogP contribution in [-0.2, 0) is 10.0 Å². The Morgan fingerprint density at radius 2 is 2.11 bits per heavy atom. The van der Waals surface area contributed by atoms with Gasteiger partial charge in [0.05, 0.1) is 10.5 Å². The fraction of sp³-hybridized carbons (Fsp3) is 0.417. The van der Waals surface area contributed by atoms with Gasteiger partial charge in [0.1, 0.15) is 0 Å². The lowest BCUT2D eigenvalue weighted by Crippen LogP contribution is -2.32. The number of nitrogens with one attached hydrogen (secondary N) is 1. The molecule has 0 unspecified atom stereocenters. The minimum absolute atomic E-state index is 0.00160. The quantitative estimate of drug-likeness (QED) is 0.847. The minimum Gasteiger partial charge on any atom is -0.478 e. The van der Waals surface area contributed by atoms with Crippen molar-refractivity contribution >= 4 is 16.0 Å². The second kappa shape index (κ2) is 5.07. The Hall–Kier alpha value is -1.40. The van der Waals surface area contributed by atoms with Gasteiger partial charge in [-0.05, 0) is 37.0 Å². The SMILES string of the molecule is O=C(O)c1cccc(S(=O)(=O)NCC2CCC2)c1. The molecular weight excluding hydrogens is 254 g/mol. The van der Waals surface area contributed by atoms with Gasteiger partial charge in [0.25, 0.3) is 0 Å². The lowest BCUT2D eigenvalue weighted by molar-refractivity contribution is 0.0696. The Morgan fingerprint density at radius 1 is 1.39 bits per heavy atom. The fourth-order valence-corrected chi connectivity index (χ4v) is 2.97. The van der Waals surface area contributed by atoms with Crippen LogP contribution in [0.5, 0.6) is 0 Å². The zero-order valence-electron chi connectivity index (χ0n) is 9.80. The number of rotatable bonds is 5. The van der Waals surface area contributed by atoms with E-state index in [0.29, 0.717) is 12.5 Å². The van der Waals surface area contributed by atoms with E-state index in [1.54, 1.807) is 0 Å². The number of benzene rings is 1. The van der Waals surface area contributed by atoms with E-state index in [4.69, 9.17) is 5.11 Å². The third kappa shape index (κ3) is 2.88. The summed E-state index contributed by atoms with van der Waals surface area (Å²) in [5.41, 5.74) is -0.0264. The van der Waals surface area contributed by atoms with Crippen molar-refractivity contribution in [3.05, 3.63) is 29.8 Å². The Morgan fingerprint density at radius 3 is 2.67 bits per heavy atom. The van der Waals surface area contributed by atoms with Gasteiger partial charge in [-0.15, -0.1) is 0 Å². The number of sulfonamides is 1. The lowest BCUT2D eigenvalue weighted by Gasteiger charge is -2.25. The summed E-state index contributed by atoms with van der Waals surface area (Å²) >= 11 is 0. The molecule has 1 aliphatic carbocycles. The predicted octanol–water partition coefficient (Wildman–Crippen LogP) is 1.46. The van der Waals surface area contributed by atoms with Crippen LogP contribution < -0.4 is 4.72 Å². The first-order chi connectivity index (χ1) is 8.49. The van der Waals surface area contributed by atoms with Gasteiger partial charge in [-0.3, -0.25) is 0 Å². The maximum absolute atomic E-state index is 11.9. The van der Waals surface area contributed by atoms with E-state index < -0.39 is 16.0 Å². The third-order valence-corrected chi connectivity index (χ3v) is 4.60. The molecule has 0 heterocycles. The van der Waals surface area contributed by atoms with Crippen molar-refractivity contribution in [2.45, 2.75) is 24.2 Å². The third-order valence-electron chi connectivity index (χ3n) is 3.18. The summed E-state index contributed by atoms with van der Waals surface area (Å²) in [7, 11) is -3.60. The zero-order chi connectivity index (χ0) is 13.2. The number of aromatic carboxylic acids is 1. The number of carboxylic acids is 1. The van der Waals surface area contributed by atoms with Crippen LogP contribution in [0.4, 0.5) is 0 Å². The fourth-order valence-electron chi connectivity index (χ4n) is 1.80. The van der Waals surface area contributed by atoms with Crippen LogP contribution in [-0.4, -0.2) is 26.0 Å². The van der Waals surface area contributed by atoms with Gasteiger partial charge in [0.2, 0.25) is 10.0 Å². The summed E-state index contributed by atoms with van der Waals surface area (Å²) in [6, 6.07) is 5.37. The molecule has 0 bridgehead atoms. The van der Waals surface area contributed by atoms with Crippen molar-refractivity contribution in [3.63, 3.8) is 0 Å². The molecule has 1 fully saturated rings. The molecule has 2 N–H and O–H groups in total. The van der Waals surface area contributed by atoms with E-state index in [9.17, 15) is 13.2 Å². The maximum atomic E-state index is 11.9. The highest BCUT2D eigenvalue weighted by Gasteiger charge is 2.21. The van der Waals surface area contributed by atoms with Crippen molar-refractivity contribution in [2.24, 2.45) is 5.92 Å². The molecular formula is C12H15NO4S. The summed E-state index contributed by atoms with van der Waals surface area (Å²) in [6.45, 7) is 0.430. The van der Waals surface area contributed by atoms with Crippen molar-refractivity contribution in [1.29, 1.82) is 0 Å². The average molecular weight is 269 g/mol. The maximum Gasteiger partial charge on any atom is 0.335 e. The van der Waals surface area contributed by atoms with Crippen LogP contribution in [0.2, 0.25) is 0 Å². The molecule has 1 aromatic rings. The highest BCUT2D eigenvalue weighted by atomic mass is 32.2. The van der Waals surface area contributed by atoms with E-state index in [-0.39, 0.29) is 10.5 Å². The molecule has 0 amide bonds. The average Bonchev–Trinajstić information content (AvgIpc) is 2.27. The van der Waals surface area contributed by atoms with Gasteiger partial charge in [-0.1, -0.05) is 12.5 Å². The van der Waals surface area contributed by atoms with Crippen LogP contribution in [0.3, 0.4) is 0 Å². The van der Waals surface area contributed by atoms with Crippen molar-refractivity contribution < 1.29 is 18.3 Å². The van der Waals surface area contributed by atoms with Crippen molar-refractivity contribution in [3.8, 4) is 0 Å². The van der Waals surface area contributed by atoms with Crippen molar-refractivity contribution in [1.82, 2.24) is 4.72 Å². The van der Waals surface area contributed by atoms with E-state index in [1.165, 1.54) is 24.3 Å². The second-order valence-corrected chi connectivity index (χ2v) is 6.25. The van der Waals surface area contributed by atoms with Crippen LogP contribution in [0.25, 0.3) is 0 Å². The topological polar surface area (TPSA) is 83.5 Å². The second-order valence-electron chi connectivity index (χ2n) is 4.48. The highest BCUT2D eigenvalue weighted by Crippen LogP contribution is 2.25. The molecule has 2 rings (SSSR count). The largest absolute Gasteiger partial charge is 0.478 e. The normalized spacial score (nSPS) is 16.2. The van der Waals surface area contributed by atoms with Crippen LogP contribution in [0.1, 0.15) is 29.6 Å². The van der Waals surface area contributed by atoms with Gasteiger partial charge >= 0.3 is 5.97 Å². The Labute approximate surface area is 106 Å².